The minimum absolute atomic E-state index is 0.307. The molecule has 0 spiro atoms. The van der Waals surface area contributed by atoms with Crippen molar-refractivity contribution in [1.29, 1.82) is 0 Å². The van der Waals surface area contributed by atoms with Gasteiger partial charge in [-0.15, -0.1) is 0 Å². The number of esters is 1. The summed E-state index contributed by atoms with van der Waals surface area (Å²) in [6.45, 7) is 8.00. The van der Waals surface area contributed by atoms with Crippen molar-refractivity contribution in [1.82, 2.24) is 5.16 Å². The van der Waals surface area contributed by atoms with Crippen molar-refractivity contribution in [2.24, 2.45) is 0 Å². The summed E-state index contributed by atoms with van der Waals surface area (Å²) in [5, 5.41) is 7.78. The molecule has 0 radical (unpaired) electrons. The smallest absolute Gasteiger partial charge is 0.352 e. The number of rotatable bonds is 4. The average Bonchev–Trinajstić information content (AvgIpc) is 2.93. The van der Waals surface area contributed by atoms with Gasteiger partial charge in [0.1, 0.15) is 11.5 Å². The molecule has 0 amide bonds. The minimum Gasteiger partial charge on any atom is -0.471 e. The predicted octanol–water partition coefficient (Wildman–Crippen LogP) is 4.13. The molecule has 134 valence electrons. The van der Waals surface area contributed by atoms with E-state index in [0.29, 0.717) is 36.1 Å². The molecule has 1 aliphatic rings. The number of carbonyl (C=O) groups excluding carboxylic acids is 1. The maximum atomic E-state index is 12.4. The third-order valence-electron chi connectivity index (χ3n) is 4.46. The number of hydrogen-bond acceptors (Lipinski definition) is 6. The molecule has 0 aliphatic carbocycles. The van der Waals surface area contributed by atoms with Crippen LogP contribution in [-0.4, -0.2) is 29.9 Å². The van der Waals surface area contributed by atoms with Gasteiger partial charge in [-0.3, -0.25) is 0 Å². The molecule has 3 rings (SSSR count). The van der Waals surface area contributed by atoms with Crippen LogP contribution in [0.3, 0.4) is 0 Å². The lowest BCUT2D eigenvalue weighted by molar-refractivity contribution is -0.161. The molecule has 1 aromatic heterocycles. The van der Waals surface area contributed by atoms with Crippen molar-refractivity contribution >= 4 is 23.3 Å². The average molecular weight is 365 g/mol. The summed E-state index contributed by atoms with van der Waals surface area (Å²) in [5.74, 6) is 0.861. The molecular weight excluding hydrogens is 344 g/mol. The normalized spacial score (nSPS) is 18.9. The van der Waals surface area contributed by atoms with Crippen LogP contribution in [0, 0.1) is 13.8 Å². The molecule has 0 saturated heterocycles. The second-order valence-corrected chi connectivity index (χ2v) is 6.46. The highest BCUT2D eigenvalue weighted by Gasteiger charge is 2.44. The van der Waals surface area contributed by atoms with Gasteiger partial charge in [-0.05, 0) is 39.3 Å². The van der Waals surface area contributed by atoms with Gasteiger partial charge in [0.25, 0.3) is 0 Å². The molecule has 25 heavy (non-hydrogen) atoms. The van der Waals surface area contributed by atoms with E-state index >= 15 is 0 Å². The number of ether oxygens (including phenoxy) is 2. The summed E-state index contributed by atoms with van der Waals surface area (Å²) in [5.41, 5.74) is 2.03. The van der Waals surface area contributed by atoms with E-state index in [2.05, 4.69) is 10.5 Å². The van der Waals surface area contributed by atoms with Gasteiger partial charge in [-0.25, -0.2) is 4.79 Å². The molecule has 2 heterocycles. The Balaban J connectivity index is 2.05. The Labute approximate surface area is 151 Å². The van der Waals surface area contributed by atoms with E-state index in [1.165, 1.54) is 0 Å². The number of fused-ring (bicyclic) bond motifs is 1. The Kier molecular flexibility index (Phi) is 4.64. The molecule has 0 bridgehead atoms. The molecule has 1 unspecified atom stereocenters. The van der Waals surface area contributed by atoms with Crippen LogP contribution in [0.1, 0.15) is 31.7 Å². The highest BCUT2D eigenvalue weighted by molar-refractivity contribution is 6.33. The quantitative estimate of drug-likeness (QED) is 0.822. The fourth-order valence-corrected chi connectivity index (χ4v) is 3.30. The Hall–Kier alpha value is -2.21. The number of benzene rings is 1. The van der Waals surface area contributed by atoms with Crippen LogP contribution < -0.4 is 10.1 Å². The van der Waals surface area contributed by atoms with E-state index < -0.39 is 5.60 Å². The topological polar surface area (TPSA) is 73.6 Å². The van der Waals surface area contributed by atoms with Crippen molar-refractivity contribution in [3.63, 3.8) is 0 Å². The largest absolute Gasteiger partial charge is 0.471 e. The van der Waals surface area contributed by atoms with E-state index in [9.17, 15) is 4.79 Å². The van der Waals surface area contributed by atoms with Gasteiger partial charge in [-0.1, -0.05) is 23.7 Å². The molecule has 6 nitrogen and oxygen atoms in total. The predicted molar refractivity (Wildman–Crippen MR) is 95.2 cm³/mol. The summed E-state index contributed by atoms with van der Waals surface area (Å²) in [6.07, 6.45) is 0.488. The van der Waals surface area contributed by atoms with E-state index in [0.717, 1.165) is 22.5 Å². The summed E-state index contributed by atoms with van der Waals surface area (Å²) in [6, 6.07) is 3.61. The van der Waals surface area contributed by atoms with Crippen molar-refractivity contribution in [2.45, 2.75) is 39.7 Å². The lowest BCUT2D eigenvalue weighted by Crippen LogP contribution is -2.53. The van der Waals surface area contributed by atoms with Crippen molar-refractivity contribution in [3.05, 3.63) is 28.6 Å². The van der Waals surface area contributed by atoms with Crippen molar-refractivity contribution in [3.8, 4) is 16.9 Å². The zero-order chi connectivity index (χ0) is 18.2. The molecule has 7 heteroatoms. The first-order valence-corrected chi connectivity index (χ1v) is 8.66. The second kappa shape index (κ2) is 6.59. The summed E-state index contributed by atoms with van der Waals surface area (Å²) < 4.78 is 16.6. The maximum Gasteiger partial charge on any atom is 0.352 e. The molecule has 1 atom stereocenters. The molecule has 2 aromatic rings. The van der Waals surface area contributed by atoms with Gasteiger partial charge in [0.2, 0.25) is 5.60 Å². The molecule has 0 fully saturated rings. The third-order valence-corrected chi connectivity index (χ3v) is 4.77. The van der Waals surface area contributed by atoms with Crippen LogP contribution in [-0.2, 0) is 9.53 Å². The number of aromatic nitrogens is 1. The first kappa shape index (κ1) is 17.6. The van der Waals surface area contributed by atoms with Gasteiger partial charge in [0.05, 0.1) is 29.6 Å². The molecule has 1 aliphatic heterocycles. The highest BCUT2D eigenvalue weighted by Crippen LogP contribution is 2.43. The van der Waals surface area contributed by atoms with Crippen LogP contribution >= 0.6 is 11.6 Å². The summed E-state index contributed by atoms with van der Waals surface area (Å²) in [7, 11) is 0. The van der Waals surface area contributed by atoms with Crippen molar-refractivity contribution < 1.29 is 18.8 Å². The number of carbonyl (C=O) groups is 1. The van der Waals surface area contributed by atoms with E-state index in [1.54, 1.807) is 13.0 Å². The number of anilines is 1. The van der Waals surface area contributed by atoms with Gasteiger partial charge in [0, 0.05) is 11.1 Å². The summed E-state index contributed by atoms with van der Waals surface area (Å²) in [4.78, 5) is 12.4. The van der Waals surface area contributed by atoms with Crippen LogP contribution in [0.25, 0.3) is 11.1 Å². The molecule has 0 saturated carbocycles. The standard InChI is InChI=1S/C18H21ClN2O4/c1-5-18(17(22)23-6-2)9-20-14-8-13(19)12(7-15(14)24-18)16-10(3)21-25-11(16)4/h7-8,20H,5-6,9H2,1-4H3. The molecule has 1 N–H and O–H groups in total. The number of nitrogens with zero attached hydrogens (tertiary/aromatic N) is 1. The fourth-order valence-electron chi connectivity index (χ4n) is 3.04. The number of halogens is 1. The first-order chi connectivity index (χ1) is 11.9. The Bertz CT molecular complexity index is 798. The van der Waals surface area contributed by atoms with Gasteiger partial charge < -0.3 is 19.3 Å². The van der Waals surface area contributed by atoms with Gasteiger partial charge >= 0.3 is 5.97 Å². The van der Waals surface area contributed by atoms with Crippen LogP contribution in [0.15, 0.2) is 16.7 Å². The molecule has 1 aromatic carbocycles. The van der Waals surface area contributed by atoms with Crippen molar-refractivity contribution in [2.75, 3.05) is 18.5 Å². The summed E-state index contributed by atoms with van der Waals surface area (Å²) >= 11 is 6.46. The third kappa shape index (κ3) is 2.95. The maximum absolute atomic E-state index is 12.4. The first-order valence-electron chi connectivity index (χ1n) is 8.28. The lowest BCUT2D eigenvalue weighted by atomic mass is 9.97. The van der Waals surface area contributed by atoms with Crippen LogP contribution in [0.5, 0.6) is 5.75 Å². The van der Waals surface area contributed by atoms with Crippen LogP contribution in [0.4, 0.5) is 5.69 Å². The SMILES string of the molecule is CCOC(=O)C1(CC)CNc2cc(Cl)c(-c3c(C)noc3C)cc2O1. The molecular formula is C18H21ClN2O4. The lowest BCUT2D eigenvalue weighted by Gasteiger charge is -2.36. The minimum atomic E-state index is -1.05. The fraction of sp³-hybridized carbons (Fsp3) is 0.444. The van der Waals surface area contributed by atoms with Crippen LogP contribution in [0.2, 0.25) is 5.02 Å². The van der Waals surface area contributed by atoms with Gasteiger partial charge in [0.15, 0.2) is 0 Å². The monoisotopic (exact) mass is 364 g/mol. The van der Waals surface area contributed by atoms with E-state index in [1.807, 2.05) is 26.8 Å². The Morgan fingerprint density at radius 3 is 2.76 bits per heavy atom. The Morgan fingerprint density at radius 2 is 2.16 bits per heavy atom. The highest BCUT2D eigenvalue weighted by atomic mass is 35.5. The van der Waals surface area contributed by atoms with Gasteiger partial charge in [-0.2, -0.15) is 0 Å². The van der Waals surface area contributed by atoms with E-state index in [4.69, 9.17) is 25.6 Å². The van der Waals surface area contributed by atoms with E-state index in [-0.39, 0.29) is 5.97 Å². The zero-order valence-corrected chi connectivity index (χ0v) is 15.5. The zero-order valence-electron chi connectivity index (χ0n) is 14.7. The number of nitrogens with one attached hydrogen (secondary N) is 1. The second-order valence-electron chi connectivity index (χ2n) is 6.05. The Morgan fingerprint density at radius 1 is 1.40 bits per heavy atom. The number of aryl methyl sites for hydroxylation is 2. The number of hydrogen-bond donors (Lipinski definition) is 1.